The highest BCUT2D eigenvalue weighted by atomic mass is 19.4. The van der Waals surface area contributed by atoms with Gasteiger partial charge in [0.05, 0.1) is 11.5 Å². The molecule has 0 radical (unpaired) electrons. The van der Waals surface area contributed by atoms with Crippen molar-refractivity contribution in [1.82, 2.24) is 14.8 Å². The lowest BCUT2D eigenvalue weighted by Crippen LogP contribution is -2.42. The van der Waals surface area contributed by atoms with E-state index >= 15 is 0 Å². The molecule has 2 aromatic rings. The van der Waals surface area contributed by atoms with E-state index in [1.165, 1.54) is 17.7 Å². The number of carboxylic acids is 1. The summed E-state index contributed by atoms with van der Waals surface area (Å²) >= 11 is 0. The monoisotopic (exact) mass is 518 g/mol. The SMILES string of the molecule is CCc1ccc(C2CCN(C(=O)[C@@H]3CCN([C@@H](C(=O)O)c4ccc(C(F)(F)F)cc4)C3)CC2)nc1NC. The fourth-order valence-corrected chi connectivity index (χ4v) is 5.47. The van der Waals surface area contributed by atoms with Crippen molar-refractivity contribution in [2.45, 2.75) is 50.7 Å². The van der Waals surface area contributed by atoms with Gasteiger partial charge in [0, 0.05) is 44.8 Å². The first-order valence-electron chi connectivity index (χ1n) is 12.7. The third kappa shape index (κ3) is 5.89. The van der Waals surface area contributed by atoms with Gasteiger partial charge in [-0.15, -0.1) is 0 Å². The van der Waals surface area contributed by atoms with Crippen LogP contribution >= 0.6 is 0 Å². The Bertz CT molecular complexity index is 1110. The molecule has 1 amide bonds. The highest BCUT2D eigenvalue weighted by Gasteiger charge is 2.39. The Balaban J connectivity index is 1.36. The van der Waals surface area contributed by atoms with Crippen molar-refractivity contribution in [3.8, 4) is 0 Å². The number of hydrogen-bond donors (Lipinski definition) is 2. The summed E-state index contributed by atoms with van der Waals surface area (Å²) in [6.07, 6.45) is -1.44. The fraction of sp³-hybridized carbons (Fsp3) is 0.519. The van der Waals surface area contributed by atoms with Crippen molar-refractivity contribution >= 4 is 17.7 Å². The number of aliphatic carboxylic acids is 1. The summed E-state index contributed by atoms with van der Waals surface area (Å²) in [6, 6.07) is 7.31. The van der Waals surface area contributed by atoms with Gasteiger partial charge < -0.3 is 15.3 Å². The maximum Gasteiger partial charge on any atom is 0.416 e. The van der Waals surface area contributed by atoms with E-state index in [2.05, 4.69) is 24.4 Å². The van der Waals surface area contributed by atoms with Crippen molar-refractivity contribution in [3.05, 3.63) is 58.8 Å². The largest absolute Gasteiger partial charge is 0.480 e. The minimum absolute atomic E-state index is 0.0164. The molecule has 2 aliphatic rings. The number of aromatic nitrogens is 1. The van der Waals surface area contributed by atoms with Gasteiger partial charge in [-0.1, -0.05) is 25.1 Å². The number of nitrogens with one attached hydrogen (secondary N) is 1. The van der Waals surface area contributed by atoms with Crippen LogP contribution in [0.15, 0.2) is 36.4 Å². The number of rotatable bonds is 7. The molecule has 1 aromatic heterocycles. The smallest absolute Gasteiger partial charge is 0.416 e. The van der Waals surface area contributed by atoms with Crippen LogP contribution in [0.2, 0.25) is 0 Å². The van der Waals surface area contributed by atoms with E-state index in [1.807, 2.05) is 11.9 Å². The first-order valence-corrected chi connectivity index (χ1v) is 12.7. The average Bonchev–Trinajstić information content (AvgIpc) is 3.37. The van der Waals surface area contributed by atoms with Crippen LogP contribution in [0.3, 0.4) is 0 Å². The summed E-state index contributed by atoms with van der Waals surface area (Å²) in [7, 11) is 1.86. The lowest BCUT2D eigenvalue weighted by atomic mass is 9.91. The number of piperidine rings is 1. The van der Waals surface area contributed by atoms with Crippen molar-refractivity contribution in [2.75, 3.05) is 38.5 Å². The van der Waals surface area contributed by atoms with Gasteiger partial charge in [0.1, 0.15) is 11.9 Å². The second-order valence-electron chi connectivity index (χ2n) is 9.79. The number of halogens is 3. The van der Waals surface area contributed by atoms with E-state index in [9.17, 15) is 27.9 Å². The molecule has 3 heterocycles. The predicted octanol–water partition coefficient (Wildman–Crippen LogP) is 4.56. The van der Waals surface area contributed by atoms with E-state index < -0.39 is 23.8 Å². The number of likely N-dealkylation sites (tertiary alicyclic amines) is 2. The van der Waals surface area contributed by atoms with Crippen LogP contribution in [0, 0.1) is 5.92 Å². The van der Waals surface area contributed by atoms with Crippen LogP contribution in [0.5, 0.6) is 0 Å². The highest BCUT2D eigenvalue weighted by Crippen LogP contribution is 2.34. The van der Waals surface area contributed by atoms with Crippen molar-refractivity contribution in [1.29, 1.82) is 0 Å². The molecule has 200 valence electrons. The van der Waals surface area contributed by atoms with E-state index in [0.717, 1.165) is 42.9 Å². The summed E-state index contributed by atoms with van der Waals surface area (Å²) in [4.78, 5) is 33.6. The summed E-state index contributed by atoms with van der Waals surface area (Å²) < 4.78 is 38.7. The number of carbonyl (C=O) groups is 2. The fourth-order valence-electron chi connectivity index (χ4n) is 5.47. The number of nitrogens with zero attached hydrogens (tertiary/aromatic N) is 3. The van der Waals surface area contributed by atoms with E-state index in [1.54, 1.807) is 4.90 Å². The Labute approximate surface area is 214 Å². The number of aryl methyl sites for hydroxylation is 1. The van der Waals surface area contributed by atoms with Gasteiger partial charge in [0.2, 0.25) is 5.91 Å². The van der Waals surface area contributed by atoms with Crippen LogP contribution in [0.4, 0.5) is 19.0 Å². The first kappa shape index (κ1) is 26.9. The van der Waals surface area contributed by atoms with Gasteiger partial charge >= 0.3 is 12.1 Å². The lowest BCUT2D eigenvalue weighted by Gasteiger charge is -2.33. The Morgan fingerprint density at radius 1 is 1.08 bits per heavy atom. The average molecular weight is 519 g/mol. The molecule has 4 rings (SSSR count). The van der Waals surface area contributed by atoms with Crippen LogP contribution in [0.25, 0.3) is 0 Å². The van der Waals surface area contributed by atoms with Crippen molar-refractivity contribution < 1.29 is 27.9 Å². The third-order valence-electron chi connectivity index (χ3n) is 7.56. The van der Waals surface area contributed by atoms with Gasteiger partial charge in [-0.05, 0) is 55.0 Å². The number of pyridine rings is 1. The molecule has 37 heavy (non-hydrogen) atoms. The van der Waals surface area contributed by atoms with Crippen LogP contribution in [-0.2, 0) is 22.2 Å². The molecule has 0 unspecified atom stereocenters. The molecule has 0 saturated carbocycles. The second kappa shape index (κ2) is 11.1. The lowest BCUT2D eigenvalue weighted by molar-refractivity contribution is -0.144. The van der Waals surface area contributed by atoms with Gasteiger partial charge in [0.25, 0.3) is 0 Å². The molecule has 10 heteroatoms. The molecule has 2 atom stereocenters. The number of anilines is 1. The Morgan fingerprint density at radius 2 is 1.76 bits per heavy atom. The van der Waals surface area contributed by atoms with Crippen LogP contribution < -0.4 is 5.32 Å². The number of alkyl halides is 3. The van der Waals surface area contributed by atoms with Crippen molar-refractivity contribution in [2.24, 2.45) is 5.92 Å². The molecule has 0 bridgehead atoms. The molecular weight excluding hydrogens is 485 g/mol. The number of hydrogen-bond acceptors (Lipinski definition) is 5. The Morgan fingerprint density at radius 3 is 2.32 bits per heavy atom. The maximum absolute atomic E-state index is 13.3. The molecule has 2 saturated heterocycles. The zero-order chi connectivity index (χ0) is 26.7. The minimum Gasteiger partial charge on any atom is -0.480 e. The first-order chi connectivity index (χ1) is 17.6. The Kier molecular flexibility index (Phi) is 8.06. The number of carbonyl (C=O) groups excluding carboxylic acids is 1. The van der Waals surface area contributed by atoms with Crippen LogP contribution in [-0.4, -0.2) is 65.0 Å². The van der Waals surface area contributed by atoms with Gasteiger partial charge in [0.15, 0.2) is 0 Å². The minimum atomic E-state index is -4.49. The van der Waals surface area contributed by atoms with Gasteiger partial charge in [-0.3, -0.25) is 14.5 Å². The molecule has 7 nitrogen and oxygen atoms in total. The number of carboxylic acid groups (broad SMARTS) is 1. The zero-order valence-electron chi connectivity index (χ0n) is 21.1. The summed E-state index contributed by atoms with van der Waals surface area (Å²) in [6.45, 7) is 3.99. The highest BCUT2D eigenvalue weighted by molar-refractivity contribution is 5.80. The van der Waals surface area contributed by atoms with Gasteiger partial charge in [-0.2, -0.15) is 13.2 Å². The van der Waals surface area contributed by atoms with E-state index in [0.29, 0.717) is 26.1 Å². The van der Waals surface area contributed by atoms with Gasteiger partial charge in [-0.25, -0.2) is 4.98 Å². The molecule has 0 aliphatic carbocycles. The number of amides is 1. The maximum atomic E-state index is 13.3. The molecule has 1 aromatic carbocycles. The third-order valence-corrected chi connectivity index (χ3v) is 7.56. The topological polar surface area (TPSA) is 85.8 Å². The molecule has 2 fully saturated rings. The van der Waals surface area contributed by atoms with E-state index in [-0.39, 0.29) is 29.9 Å². The summed E-state index contributed by atoms with van der Waals surface area (Å²) in [5.41, 5.74) is 1.65. The normalized spacial score (nSPS) is 20.1. The van der Waals surface area contributed by atoms with Crippen LogP contribution in [0.1, 0.15) is 60.5 Å². The number of benzene rings is 1. The second-order valence-corrected chi connectivity index (χ2v) is 9.79. The molecular formula is C27H33F3N4O3. The van der Waals surface area contributed by atoms with Crippen molar-refractivity contribution in [3.63, 3.8) is 0 Å². The quantitative estimate of drug-likeness (QED) is 0.559. The summed E-state index contributed by atoms with van der Waals surface area (Å²) in [5.74, 6) is -0.284. The standard InChI is InChI=1S/C27H33F3N4O3/c1-3-17-6-9-22(32-24(17)31-2)18-10-13-33(14-11-18)25(35)20-12-15-34(16-20)23(26(36)37)19-4-7-21(8-5-19)27(28,29)30/h4-9,18,20,23H,3,10-16H2,1-2H3,(H,31,32)(H,36,37)/t20-,23-/m1/s1. The van der Waals surface area contributed by atoms with E-state index in [4.69, 9.17) is 4.98 Å². The summed E-state index contributed by atoms with van der Waals surface area (Å²) in [5, 5.41) is 13.0. The molecule has 2 aliphatic heterocycles. The zero-order valence-corrected chi connectivity index (χ0v) is 21.1. The Hall–Kier alpha value is -3.14. The molecule has 2 N–H and O–H groups in total. The predicted molar refractivity (Wildman–Crippen MR) is 133 cm³/mol. The molecule has 0 spiro atoms.